The molecule has 0 saturated carbocycles. The number of nitrogens with one attached hydrogen (secondary N) is 3. The highest BCUT2D eigenvalue weighted by Gasteiger charge is 2.27. The normalized spacial score (nSPS) is 11.8. The molecule has 0 saturated heterocycles. The zero-order valence-electron chi connectivity index (χ0n) is 31.6. The summed E-state index contributed by atoms with van der Waals surface area (Å²) in [4.78, 5) is 40.6. The third kappa shape index (κ3) is 9.59. The maximum Gasteiger partial charge on any atom is 0.301 e. The van der Waals surface area contributed by atoms with E-state index in [1.54, 1.807) is 42.5 Å². The van der Waals surface area contributed by atoms with E-state index in [1.807, 2.05) is 6.07 Å². The molecule has 0 bridgehead atoms. The smallest absolute Gasteiger partial charge is 0.301 e. The van der Waals surface area contributed by atoms with Crippen LogP contribution < -0.4 is 25.7 Å². The maximum absolute atomic E-state index is 13.7. The molecular weight excluding hydrogens is 763 g/mol. The lowest BCUT2D eigenvalue weighted by atomic mass is 9.77. The summed E-state index contributed by atoms with van der Waals surface area (Å²) in [6.07, 6.45) is 1.82. The van der Waals surface area contributed by atoms with Crippen molar-refractivity contribution in [3.8, 4) is 17.2 Å². The van der Waals surface area contributed by atoms with Crippen LogP contribution in [0.3, 0.4) is 0 Å². The zero-order valence-corrected chi connectivity index (χ0v) is 33.9. The van der Waals surface area contributed by atoms with Crippen LogP contribution >= 0.6 is 34.8 Å². The number of hydrogen-bond donors (Lipinski definition) is 3. The highest BCUT2D eigenvalue weighted by Crippen LogP contribution is 2.38. The van der Waals surface area contributed by atoms with Crippen LogP contribution in [0.5, 0.6) is 11.5 Å². The molecule has 3 N–H and O–H groups in total. The summed E-state index contributed by atoms with van der Waals surface area (Å²) in [5, 5.41) is 17.1. The lowest BCUT2D eigenvalue weighted by molar-refractivity contribution is -0.118. The van der Waals surface area contributed by atoms with Gasteiger partial charge in [0.25, 0.3) is 11.8 Å². The van der Waals surface area contributed by atoms with Crippen LogP contribution in [0, 0.1) is 0 Å². The Bertz CT molecular complexity index is 2270. The summed E-state index contributed by atoms with van der Waals surface area (Å²) in [7, 11) is 1.54. The van der Waals surface area contributed by atoms with Gasteiger partial charge in [0.2, 0.25) is 0 Å². The van der Waals surface area contributed by atoms with E-state index < -0.39 is 17.4 Å². The van der Waals surface area contributed by atoms with Crippen LogP contribution in [0.1, 0.15) is 75.9 Å². The highest BCUT2D eigenvalue weighted by atomic mass is 35.5. The Kier molecular flexibility index (Phi) is 12.8. The third-order valence-electron chi connectivity index (χ3n) is 9.68. The van der Waals surface area contributed by atoms with Gasteiger partial charge in [-0.15, -0.1) is 5.11 Å². The Labute approximate surface area is 335 Å². The molecule has 4 aromatic carbocycles. The number of hydrogen-bond acceptors (Lipinski definition) is 7. The average molecular weight is 806 g/mol. The number of anilines is 2. The van der Waals surface area contributed by atoms with Gasteiger partial charge in [0.1, 0.15) is 17.2 Å². The first-order valence-electron chi connectivity index (χ1n) is 17.6. The summed E-state index contributed by atoms with van der Waals surface area (Å²) in [6.45, 7) is 12.7. The first kappa shape index (κ1) is 41.1. The quantitative estimate of drug-likeness (QED) is 0.0959. The standard InChI is InChI=1S/C41H43Cl3N6O5/c1-8-40(3,4)25-13-18-30(41(5,6)9-2)33(20-25)55-23-34(51)45-28-12-10-11-24(19-28)38(52)46-37-35(48-47-27-14-16-29(54-7)17-15-27)39(53)50(49-37)36-31(43)21-26(42)22-32(36)44/h10-22,49H,8-9,23H2,1-7H3,(H,45,51)(H,46,52). The number of rotatable bonds is 14. The molecule has 55 heavy (non-hydrogen) atoms. The largest absolute Gasteiger partial charge is 0.497 e. The molecule has 0 radical (unpaired) electrons. The fourth-order valence-corrected chi connectivity index (χ4v) is 6.54. The zero-order chi connectivity index (χ0) is 40.1. The minimum Gasteiger partial charge on any atom is -0.497 e. The molecule has 0 atom stereocenters. The van der Waals surface area contributed by atoms with E-state index in [4.69, 9.17) is 44.3 Å². The van der Waals surface area contributed by atoms with Crippen LogP contribution in [0.15, 0.2) is 93.9 Å². The van der Waals surface area contributed by atoms with Gasteiger partial charge in [0, 0.05) is 16.3 Å². The van der Waals surface area contributed by atoms with E-state index in [0.29, 0.717) is 22.9 Å². The van der Waals surface area contributed by atoms with E-state index in [0.717, 1.165) is 28.7 Å². The molecule has 0 unspecified atom stereocenters. The van der Waals surface area contributed by atoms with Gasteiger partial charge in [-0.3, -0.25) is 19.5 Å². The average Bonchev–Trinajstić information content (AvgIpc) is 3.45. The van der Waals surface area contributed by atoms with Crippen molar-refractivity contribution in [2.45, 2.75) is 65.2 Å². The second-order valence-electron chi connectivity index (χ2n) is 14.1. The monoisotopic (exact) mass is 804 g/mol. The van der Waals surface area contributed by atoms with Crippen LogP contribution in [0.2, 0.25) is 15.1 Å². The molecule has 2 amide bonds. The molecule has 0 aliphatic heterocycles. The first-order valence-corrected chi connectivity index (χ1v) is 18.7. The molecule has 1 aromatic heterocycles. The summed E-state index contributed by atoms with van der Waals surface area (Å²) in [5.41, 5.74) is 2.03. The fourth-order valence-electron chi connectivity index (χ4n) is 5.55. The summed E-state index contributed by atoms with van der Waals surface area (Å²) in [6, 6.07) is 22.1. The van der Waals surface area contributed by atoms with Crippen molar-refractivity contribution in [3.05, 3.63) is 121 Å². The highest BCUT2D eigenvalue weighted by molar-refractivity contribution is 6.40. The van der Waals surface area contributed by atoms with Crippen molar-refractivity contribution >= 4 is 69.5 Å². The van der Waals surface area contributed by atoms with Gasteiger partial charge >= 0.3 is 5.56 Å². The number of aromatic amines is 1. The predicted molar refractivity (Wildman–Crippen MR) is 220 cm³/mol. The van der Waals surface area contributed by atoms with Crippen LogP contribution in [-0.2, 0) is 15.6 Å². The lowest BCUT2D eigenvalue weighted by Gasteiger charge is -2.29. The molecule has 14 heteroatoms. The molecule has 288 valence electrons. The van der Waals surface area contributed by atoms with E-state index in [2.05, 4.69) is 79.6 Å². The van der Waals surface area contributed by atoms with Gasteiger partial charge in [0.15, 0.2) is 18.1 Å². The second-order valence-corrected chi connectivity index (χ2v) is 15.4. The SMILES string of the molecule is CCC(C)(C)c1ccc(C(C)(C)CC)c(OCC(=O)Nc2cccc(C(=O)Nc3[nH]n(-c4c(Cl)cc(Cl)cc4Cl)c(=O)c3N=Nc3ccc(OC)cc3)c2)c1. The van der Waals surface area contributed by atoms with Gasteiger partial charge in [-0.1, -0.05) is 94.5 Å². The van der Waals surface area contributed by atoms with Crippen molar-refractivity contribution in [2.75, 3.05) is 24.4 Å². The number of azo groups is 1. The number of benzene rings is 4. The number of carbonyl (C=O) groups is 2. The van der Waals surface area contributed by atoms with Gasteiger partial charge < -0.3 is 20.1 Å². The van der Waals surface area contributed by atoms with Crippen LogP contribution in [0.4, 0.5) is 22.9 Å². The number of ether oxygens (including phenoxy) is 2. The number of carbonyl (C=O) groups excluding carboxylic acids is 2. The maximum atomic E-state index is 13.7. The fraction of sp³-hybridized carbons (Fsp3) is 0.293. The predicted octanol–water partition coefficient (Wildman–Crippen LogP) is 11.2. The third-order valence-corrected chi connectivity index (χ3v) is 10.5. The number of aromatic nitrogens is 2. The molecule has 0 spiro atoms. The molecule has 0 fully saturated rings. The topological polar surface area (TPSA) is 139 Å². The van der Waals surface area contributed by atoms with E-state index in [9.17, 15) is 14.4 Å². The minimum atomic E-state index is -0.700. The number of methoxy groups -OCH3 is 1. The molecule has 0 aliphatic carbocycles. The minimum absolute atomic E-state index is 0.0674. The molecule has 5 aromatic rings. The molecule has 0 aliphatic rings. The van der Waals surface area contributed by atoms with E-state index >= 15 is 0 Å². The lowest BCUT2D eigenvalue weighted by Crippen LogP contribution is -2.24. The van der Waals surface area contributed by atoms with Gasteiger partial charge in [-0.25, -0.2) is 4.68 Å². The van der Waals surface area contributed by atoms with Crippen molar-refractivity contribution in [1.82, 2.24) is 9.78 Å². The van der Waals surface area contributed by atoms with E-state index in [1.165, 1.54) is 25.3 Å². The first-order chi connectivity index (χ1) is 26.1. The molecule has 5 rings (SSSR count). The van der Waals surface area contributed by atoms with Crippen molar-refractivity contribution in [2.24, 2.45) is 10.2 Å². The molecule has 1 heterocycles. The van der Waals surface area contributed by atoms with Crippen molar-refractivity contribution in [3.63, 3.8) is 0 Å². The number of amides is 2. The number of nitrogens with zero attached hydrogens (tertiary/aromatic N) is 3. The Balaban J connectivity index is 1.38. The molecular formula is C41H43Cl3N6O5. The Hall–Kier alpha value is -5.10. The van der Waals surface area contributed by atoms with Gasteiger partial charge in [-0.2, -0.15) is 5.11 Å². The Morgan fingerprint density at radius 3 is 2.15 bits per heavy atom. The molecule has 11 nitrogen and oxygen atoms in total. The van der Waals surface area contributed by atoms with Crippen LogP contribution in [0.25, 0.3) is 5.69 Å². The number of H-pyrrole nitrogens is 1. The van der Waals surface area contributed by atoms with Crippen molar-refractivity contribution < 1.29 is 19.1 Å². The second kappa shape index (κ2) is 17.1. The Morgan fingerprint density at radius 1 is 0.836 bits per heavy atom. The summed E-state index contributed by atoms with van der Waals surface area (Å²) >= 11 is 19.0. The summed E-state index contributed by atoms with van der Waals surface area (Å²) in [5.74, 6) is 0.169. The van der Waals surface area contributed by atoms with Crippen LogP contribution in [-0.4, -0.2) is 35.3 Å². The number of halogens is 3. The van der Waals surface area contributed by atoms with Gasteiger partial charge in [-0.05, 0) is 95.5 Å². The van der Waals surface area contributed by atoms with E-state index in [-0.39, 0.29) is 55.3 Å². The summed E-state index contributed by atoms with van der Waals surface area (Å²) < 4.78 is 12.4. The Morgan fingerprint density at radius 2 is 1.51 bits per heavy atom. The van der Waals surface area contributed by atoms with Crippen molar-refractivity contribution in [1.29, 1.82) is 0 Å². The van der Waals surface area contributed by atoms with Gasteiger partial charge in [0.05, 0.1) is 22.8 Å².